The zero-order valence-electron chi connectivity index (χ0n) is 26.7. The van der Waals surface area contributed by atoms with Gasteiger partial charge >= 0.3 is 0 Å². The maximum absolute atomic E-state index is 13.4. The van der Waals surface area contributed by atoms with Crippen LogP contribution >= 0.6 is 0 Å². The summed E-state index contributed by atoms with van der Waals surface area (Å²) in [6.45, 7) is 11.1. The molecule has 1 heterocycles. The molecule has 0 bridgehead atoms. The van der Waals surface area contributed by atoms with Crippen LogP contribution in [0.15, 0.2) is 98.0 Å². The van der Waals surface area contributed by atoms with Crippen LogP contribution in [0.5, 0.6) is 0 Å². The molecule has 1 aliphatic carbocycles. The first kappa shape index (κ1) is 35.0. The van der Waals surface area contributed by atoms with Crippen molar-refractivity contribution in [3.8, 4) is 22.5 Å². The van der Waals surface area contributed by atoms with Crippen molar-refractivity contribution in [1.82, 2.24) is 4.58 Å². The average molecular weight is 715 g/mol. The van der Waals surface area contributed by atoms with E-state index in [0.29, 0.717) is 27.9 Å². The lowest BCUT2D eigenvalue weighted by Gasteiger charge is -2.22. The van der Waals surface area contributed by atoms with Gasteiger partial charge in [-0.1, -0.05) is 6.07 Å². The van der Waals surface area contributed by atoms with Gasteiger partial charge in [0.05, 0.1) is 15.9 Å². The number of fused-ring (bicyclic) bond motifs is 2. The molecule has 2 aliphatic rings. The Kier molecular flexibility index (Phi) is 9.72. The molecule has 3 N–H and O–H groups in total. The van der Waals surface area contributed by atoms with Gasteiger partial charge in [-0.15, -0.1) is 0 Å². The van der Waals surface area contributed by atoms with Crippen LogP contribution in [0.3, 0.4) is 0 Å². The first-order valence-corrected chi connectivity index (χ1v) is 19.5. The second-order valence-electron chi connectivity index (χ2n) is 10.9. The van der Waals surface area contributed by atoms with Crippen molar-refractivity contribution in [2.75, 3.05) is 35.8 Å². The van der Waals surface area contributed by atoms with Gasteiger partial charge in [0.15, 0.2) is 0 Å². The molecule has 254 valence electrons. The Morgan fingerprint density at radius 1 is 0.708 bits per heavy atom. The molecule has 5 rings (SSSR count). The summed E-state index contributed by atoms with van der Waals surface area (Å²) < 4.78 is 106. The summed E-state index contributed by atoms with van der Waals surface area (Å²) in [5.74, 6) is 0.464. The number of nitrogens with one attached hydrogen (secondary N) is 1. The number of hydrogen-bond acceptors (Lipinski definition) is 8. The van der Waals surface area contributed by atoms with Gasteiger partial charge in [0.25, 0.3) is 30.3 Å². The minimum absolute atomic E-state index is 0.0467. The lowest BCUT2D eigenvalue weighted by Crippen LogP contribution is -2.29. The predicted octanol–water partition coefficient (Wildman–Crippen LogP) is 5.16. The number of sulfonamides is 1. The van der Waals surface area contributed by atoms with Crippen LogP contribution in [0.4, 0.5) is 11.4 Å². The lowest BCUT2D eigenvalue weighted by atomic mass is 9.93. The van der Waals surface area contributed by atoms with E-state index in [4.69, 9.17) is 4.42 Å². The zero-order chi connectivity index (χ0) is 35.0. The maximum Gasteiger partial charge on any atom is 0.295 e. The number of anilines is 2. The van der Waals surface area contributed by atoms with Crippen molar-refractivity contribution in [3.63, 3.8) is 0 Å². The summed E-state index contributed by atoms with van der Waals surface area (Å²) in [6, 6.07) is 18.9. The first-order valence-electron chi connectivity index (χ1n) is 15.2. The van der Waals surface area contributed by atoms with Gasteiger partial charge in [0.1, 0.15) is 29.3 Å². The standard InChI is InChI=1S/C33H35N3O9S3/c1-5-35(6-2)23-11-16-27-30(19-23)45-31-20-24(36(7-3)8-4)12-17-28(31)33(27)29-18-15-26(21-32(29)48(42,43)44)46(37,38)34-22-9-13-25(14-10-22)47(39,40)41/h9-21,34H,5-8H2,1-4H3,(H-,39,40,41,42,43,44)/p+1. The molecule has 0 fully saturated rings. The summed E-state index contributed by atoms with van der Waals surface area (Å²) in [4.78, 5) is 0.588. The van der Waals surface area contributed by atoms with Gasteiger partial charge in [-0.25, -0.2) is 13.0 Å². The SMILES string of the molecule is CCN(CC)c1ccc2c(-c3ccc(S(=O)(=O)Nc4ccc(S(=O)(=O)O)cc4)cc3S(=O)(=O)O)c3ccc(=[N+](CC)CC)cc-3oc2c1. The second-order valence-corrected chi connectivity index (χ2v) is 15.4. The average Bonchev–Trinajstić information content (AvgIpc) is 3.03. The minimum Gasteiger partial charge on any atom is -0.456 e. The van der Waals surface area contributed by atoms with E-state index >= 15 is 0 Å². The molecule has 48 heavy (non-hydrogen) atoms. The number of hydrogen-bond donors (Lipinski definition) is 3. The van der Waals surface area contributed by atoms with E-state index in [1.54, 1.807) is 0 Å². The molecule has 0 saturated carbocycles. The van der Waals surface area contributed by atoms with E-state index < -0.39 is 44.9 Å². The van der Waals surface area contributed by atoms with Crippen molar-refractivity contribution < 1.29 is 38.8 Å². The van der Waals surface area contributed by atoms with E-state index in [2.05, 4.69) is 14.2 Å². The number of benzene rings is 4. The summed E-state index contributed by atoms with van der Waals surface area (Å²) >= 11 is 0. The van der Waals surface area contributed by atoms with Crippen LogP contribution in [0.1, 0.15) is 27.7 Å². The molecule has 0 radical (unpaired) electrons. The predicted molar refractivity (Wildman–Crippen MR) is 185 cm³/mol. The third kappa shape index (κ3) is 6.96. The molecule has 0 saturated heterocycles. The summed E-state index contributed by atoms with van der Waals surface area (Å²) in [5.41, 5.74) is 2.35. The molecule has 3 aromatic carbocycles. The van der Waals surface area contributed by atoms with Crippen LogP contribution in [-0.2, 0) is 30.3 Å². The third-order valence-corrected chi connectivity index (χ3v) is 11.3. The highest BCUT2D eigenvalue weighted by atomic mass is 32.2. The fourth-order valence-electron chi connectivity index (χ4n) is 5.73. The Hall–Kier alpha value is -4.28. The minimum atomic E-state index is -4.99. The molecule has 0 amide bonds. The fraction of sp³-hybridized carbons (Fsp3) is 0.242. The van der Waals surface area contributed by atoms with Crippen molar-refractivity contribution in [2.45, 2.75) is 42.4 Å². The maximum atomic E-state index is 13.4. The molecule has 0 spiro atoms. The molecule has 15 heteroatoms. The van der Waals surface area contributed by atoms with Crippen LogP contribution in [0.25, 0.3) is 33.4 Å². The summed E-state index contributed by atoms with van der Waals surface area (Å²) in [6.07, 6.45) is 0. The van der Waals surface area contributed by atoms with Gasteiger partial charge in [-0.05, 0) is 82.3 Å². The van der Waals surface area contributed by atoms with Gasteiger partial charge in [-0.2, -0.15) is 16.8 Å². The monoisotopic (exact) mass is 714 g/mol. The third-order valence-electron chi connectivity index (χ3n) is 8.16. The first-order chi connectivity index (χ1) is 22.6. The zero-order valence-corrected chi connectivity index (χ0v) is 29.2. The van der Waals surface area contributed by atoms with E-state index in [0.717, 1.165) is 67.6 Å². The molecular weight excluding hydrogens is 679 g/mol. The highest BCUT2D eigenvalue weighted by molar-refractivity contribution is 7.92. The number of rotatable bonds is 11. The number of nitrogens with zero attached hydrogens (tertiary/aromatic N) is 2. The molecule has 12 nitrogen and oxygen atoms in total. The smallest absolute Gasteiger partial charge is 0.295 e. The summed E-state index contributed by atoms with van der Waals surface area (Å²) in [7, 11) is -13.9. The second kappa shape index (κ2) is 13.3. The fourth-order valence-corrected chi connectivity index (χ4v) is 8.09. The van der Waals surface area contributed by atoms with E-state index in [-0.39, 0.29) is 11.3 Å². The lowest BCUT2D eigenvalue weighted by molar-refractivity contribution is 0.481. The Morgan fingerprint density at radius 2 is 1.33 bits per heavy atom. The highest BCUT2D eigenvalue weighted by Gasteiger charge is 2.27. The molecule has 3 aromatic rings. The Morgan fingerprint density at radius 3 is 1.92 bits per heavy atom. The molecule has 0 unspecified atom stereocenters. The molecular formula is C33H36N3O9S3+. The van der Waals surface area contributed by atoms with Crippen molar-refractivity contribution in [3.05, 3.63) is 84.2 Å². The van der Waals surface area contributed by atoms with E-state index in [9.17, 15) is 34.4 Å². The van der Waals surface area contributed by atoms with E-state index in [1.807, 2.05) is 64.1 Å². The largest absolute Gasteiger partial charge is 0.456 e. The van der Waals surface area contributed by atoms with Crippen LogP contribution in [-0.4, -0.2) is 60.5 Å². The molecule has 1 aliphatic heterocycles. The quantitative estimate of drug-likeness (QED) is 0.0943. The molecule has 0 atom stereocenters. The summed E-state index contributed by atoms with van der Waals surface area (Å²) in [5, 5.41) is 1.44. The van der Waals surface area contributed by atoms with E-state index in [1.165, 1.54) is 12.1 Å². The van der Waals surface area contributed by atoms with Gasteiger partial charge in [0, 0.05) is 58.7 Å². The van der Waals surface area contributed by atoms with Crippen LogP contribution in [0, 0.1) is 0 Å². The normalized spacial score (nSPS) is 12.4. The topological polar surface area (TPSA) is 174 Å². The van der Waals surface area contributed by atoms with Crippen molar-refractivity contribution in [1.29, 1.82) is 0 Å². The Balaban J connectivity index is 1.75. The van der Waals surface area contributed by atoms with Gasteiger partial charge < -0.3 is 9.32 Å². The van der Waals surface area contributed by atoms with Gasteiger partial charge in [0.2, 0.25) is 5.36 Å². The Bertz CT molecular complexity index is 2380. The van der Waals surface area contributed by atoms with Crippen LogP contribution in [0.2, 0.25) is 0 Å². The van der Waals surface area contributed by atoms with Crippen molar-refractivity contribution >= 4 is 52.6 Å². The Labute approximate surface area is 279 Å². The van der Waals surface area contributed by atoms with Crippen LogP contribution < -0.4 is 19.6 Å². The molecule has 0 aromatic heterocycles. The van der Waals surface area contributed by atoms with Gasteiger partial charge in [-0.3, -0.25) is 13.8 Å². The van der Waals surface area contributed by atoms with Crippen molar-refractivity contribution in [2.24, 2.45) is 0 Å². The highest BCUT2D eigenvalue weighted by Crippen LogP contribution is 2.43.